The largest absolute Gasteiger partial charge is 0.482 e. The fourth-order valence-electron chi connectivity index (χ4n) is 2.55. The van der Waals surface area contributed by atoms with E-state index in [1.165, 1.54) is 12.1 Å². The molecule has 0 aliphatic carbocycles. The Morgan fingerprint density at radius 2 is 1.96 bits per heavy atom. The summed E-state index contributed by atoms with van der Waals surface area (Å²) >= 11 is 12.1. The van der Waals surface area contributed by atoms with E-state index in [1.807, 2.05) is 6.92 Å². The summed E-state index contributed by atoms with van der Waals surface area (Å²) in [5, 5.41) is 5.60. The number of carbonyl (C=O) groups is 2. The average molecular weight is 443 g/mol. The first-order valence-corrected chi connectivity index (χ1v) is 10.6. The molecule has 0 spiro atoms. The second kappa shape index (κ2) is 7.98. The van der Waals surface area contributed by atoms with Crippen LogP contribution in [0.5, 0.6) is 5.75 Å². The molecule has 0 bridgehead atoms. The number of aryl methyl sites for hydroxylation is 1. The maximum Gasteiger partial charge on any atom is 0.262 e. The van der Waals surface area contributed by atoms with Crippen LogP contribution in [0.3, 0.4) is 0 Å². The van der Waals surface area contributed by atoms with Crippen molar-refractivity contribution in [1.82, 2.24) is 0 Å². The Morgan fingerprint density at radius 3 is 2.68 bits per heavy atom. The summed E-state index contributed by atoms with van der Waals surface area (Å²) in [6, 6.07) is 7.59. The van der Waals surface area contributed by atoms with E-state index in [4.69, 9.17) is 27.9 Å². The Kier molecular flexibility index (Phi) is 5.83. The van der Waals surface area contributed by atoms with Gasteiger partial charge in [-0.25, -0.2) is 8.42 Å². The van der Waals surface area contributed by atoms with Crippen LogP contribution in [-0.2, 0) is 19.4 Å². The van der Waals surface area contributed by atoms with Crippen molar-refractivity contribution >= 4 is 56.2 Å². The topological polar surface area (TPSA) is 102 Å². The van der Waals surface area contributed by atoms with E-state index in [2.05, 4.69) is 10.6 Å². The van der Waals surface area contributed by atoms with Crippen LogP contribution in [0.2, 0.25) is 10.0 Å². The highest BCUT2D eigenvalue weighted by Crippen LogP contribution is 2.36. The van der Waals surface area contributed by atoms with Crippen molar-refractivity contribution in [3.8, 4) is 5.75 Å². The molecule has 2 aromatic carbocycles. The number of fused-ring (bicyclic) bond motifs is 1. The molecule has 2 amide bonds. The molecule has 0 unspecified atom stereocenters. The molecule has 0 aromatic heterocycles. The SMILES string of the molecule is Cc1ccc(NC(=O)CCS(=O)(=O)c2cc3c(cc2Cl)NC(=O)CO3)cc1Cl. The van der Waals surface area contributed by atoms with Gasteiger partial charge in [-0.15, -0.1) is 0 Å². The van der Waals surface area contributed by atoms with Crippen LogP contribution in [-0.4, -0.2) is 32.6 Å². The zero-order valence-electron chi connectivity index (χ0n) is 14.7. The monoisotopic (exact) mass is 442 g/mol. The number of carbonyl (C=O) groups excluding carboxylic acids is 2. The van der Waals surface area contributed by atoms with Crippen LogP contribution in [0.1, 0.15) is 12.0 Å². The van der Waals surface area contributed by atoms with E-state index in [0.717, 1.165) is 5.56 Å². The third-order valence-corrected chi connectivity index (χ3v) is 6.64. The van der Waals surface area contributed by atoms with E-state index < -0.39 is 21.5 Å². The van der Waals surface area contributed by atoms with Crippen molar-refractivity contribution in [2.24, 2.45) is 0 Å². The Labute approximate surface area is 171 Å². The third-order valence-electron chi connectivity index (χ3n) is 4.06. The molecule has 148 valence electrons. The van der Waals surface area contributed by atoms with Crippen molar-refractivity contribution in [3.63, 3.8) is 0 Å². The second-order valence-electron chi connectivity index (χ2n) is 6.20. The first-order chi connectivity index (χ1) is 13.2. The molecule has 1 aliphatic heterocycles. The van der Waals surface area contributed by atoms with Crippen molar-refractivity contribution in [1.29, 1.82) is 0 Å². The zero-order valence-corrected chi connectivity index (χ0v) is 17.0. The van der Waals surface area contributed by atoms with Gasteiger partial charge in [-0.2, -0.15) is 0 Å². The molecule has 2 aromatic rings. The molecule has 2 N–H and O–H groups in total. The van der Waals surface area contributed by atoms with Crippen molar-refractivity contribution in [2.45, 2.75) is 18.2 Å². The van der Waals surface area contributed by atoms with Gasteiger partial charge in [0.2, 0.25) is 5.91 Å². The van der Waals surface area contributed by atoms with Gasteiger partial charge in [0.25, 0.3) is 5.91 Å². The van der Waals surface area contributed by atoms with Gasteiger partial charge in [0.1, 0.15) is 5.75 Å². The lowest BCUT2D eigenvalue weighted by Gasteiger charge is -2.19. The highest BCUT2D eigenvalue weighted by atomic mass is 35.5. The van der Waals surface area contributed by atoms with Gasteiger partial charge in [0, 0.05) is 23.2 Å². The van der Waals surface area contributed by atoms with Crippen molar-refractivity contribution in [3.05, 3.63) is 45.9 Å². The summed E-state index contributed by atoms with van der Waals surface area (Å²) in [7, 11) is -3.85. The fraction of sp³-hybridized carbons (Fsp3) is 0.222. The minimum Gasteiger partial charge on any atom is -0.482 e. The van der Waals surface area contributed by atoms with Crippen molar-refractivity contribution < 1.29 is 22.7 Å². The molecule has 28 heavy (non-hydrogen) atoms. The fourth-order valence-corrected chi connectivity index (χ4v) is 4.56. The number of hydrogen-bond donors (Lipinski definition) is 2. The number of hydrogen-bond acceptors (Lipinski definition) is 5. The van der Waals surface area contributed by atoms with Gasteiger partial charge >= 0.3 is 0 Å². The van der Waals surface area contributed by atoms with E-state index in [9.17, 15) is 18.0 Å². The minimum atomic E-state index is -3.85. The molecule has 0 saturated carbocycles. The molecule has 1 aliphatic rings. The Bertz CT molecular complexity index is 1070. The molecule has 1 heterocycles. The van der Waals surface area contributed by atoms with Crippen LogP contribution < -0.4 is 15.4 Å². The summed E-state index contributed by atoms with van der Waals surface area (Å²) in [5.41, 5.74) is 1.64. The third kappa shape index (κ3) is 4.57. The van der Waals surface area contributed by atoms with Gasteiger partial charge in [0.15, 0.2) is 16.4 Å². The maximum absolute atomic E-state index is 12.6. The lowest BCUT2D eigenvalue weighted by molar-refractivity contribution is -0.118. The van der Waals surface area contributed by atoms with Crippen LogP contribution in [0.4, 0.5) is 11.4 Å². The number of nitrogens with one attached hydrogen (secondary N) is 2. The summed E-state index contributed by atoms with van der Waals surface area (Å²) < 4.78 is 30.5. The molecule has 0 saturated heterocycles. The average Bonchev–Trinajstić information content (AvgIpc) is 2.62. The number of rotatable bonds is 5. The highest BCUT2D eigenvalue weighted by molar-refractivity contribution is 7.91. The number of anilines is 2. The first-order valence-electron chi connectivity index (χ1n) is 8.20. The Hall–Kier alpha value is -2.29. The van der Waals surface area contributed by atoms with E-state index in [-0.39, 0.29) is 34.6 Å². The van der Waals surface area contributed by atoms with Gasteiger partial charge in [-0.05, 0) is 30.7 Å². The Balaban J connectivity index is 1.70. The van der Waals surface area contributed by atoms with Gasteiger partial charge in [-0.1, -0.05) is 29.3 Å². The van der Waals surface area contributed by atoms with Gasteiger partial charge < -0.3 is 15.4 Å². The van der Waals surface area contributed by atoms with Crippen LogP contribution in [0.25, 0.3) is 0 Å². The van der Waals surface area contributed by atoms with Crippen molar-refractivity contribution in [2.75, 3.05) is 23.0 Å². The lowest BCUT2D eigenvalue weighted by Crippen LogP contribution is -2.25. The van der Waals surface area contributed by atoms with Crippen LogP contribution in [0, 0.1) is 6.92 Å². The molecular formula is C18H16Cl2N2O5S. The highest BCUT2D eigenvalue weighted by Gasteiger charge is 2.25. The minimum absolute atomic E-state index is 0.0599. The molecule has 0 fully saturated rings. The number of amides is 2. The lowest BCUT2D eigenvalue weighted by atomic mass is 10.2. The summed E-state index contributed by atoms with van der Waals surface area (Å²) in [5.74, 6) is -1.06. The van der Waals surface area contributed by atoms with Crippen LogP contribution in [0.15, 0.2) is 35.2 Å². The molecule has 0 atom stereocenters. The number of halogens is 2. The molecule has 7 nitrogen and oxygen atoms in total. The van der Waals surface area contributed by atoms with E-state index in [1.54, 1.807) is 18.2 Å². The smallest absolute Gasteiger partial charge is 0.262 e. The standard InChI is InChI=1S/C18H16Cl2N2O5S/c1-10-2-3-11(6-12(10)19)21-17(23)4-5-28(25,26)16-8-15-14(7-13(16)20)22-18(24)9-27-15/h2-3,6-8H,4-5,9H2,1H3,(H,21,23)(H,22,24). The summed E-state index contributed by atoms with van der Waals surface area (Å²) in [6.07, 6.45) is -0.265. The second-order valence-corrected chi connectivity index (χ2v) is 9.09. The number of ether oxygens (including phenoxy) is 1. The molecule has 0 radical (unpaired) electrons. The Morgan fingerprint density at radius 1 is 1.21 bits per heavy atom. The van der Waals surface area contributed by atoms with E-state index in [0.29, 0.717) is 16.4 Å². The first kappa shape index (κ1) is 20.4. The zero-order chi connectivity index (χ0) is 20.5. The molecular weight excluding hydrogens is 427 g/mol. The number of benzene rings is 2. The van der Waals surface area contributed by atoms with Gasteiger partial charge in [0.05, 0.1) is 21.4 Å². The molecule has 10 heteroatoms. The maximum atomic E-state index is 12.6. The van der Waals surface area contributed by atoms with Crippen LogP contribution >= 0.6 is 23.2 Å². The predicted octanol–water partition coefficient (Wildman–Crippen LogP) is 3.44. The normalized spacial score (nSPS) is 13.3. The summed E-state index contributed by atoms with van der Waals surface area (Å²) in [6.45, 7) is 1.62. The van der Waals surface area contributed by atoms with E-state index >= 15 is 0 Å². The predicted molar refractivity (Wildman–Crippen MR) is 107 cm³/mol. The summed E-state index contributed by atoms with van der Waals surface area (Å²) in [4.78, 5) is 23.3. The molecule has 3 rings (SSSR count). The quantitative estimate of drug-likeness (QED) is 0.738. The van der Waals surface area contributed by atoms with Gasteiger partial charge in [-0.3, -0.25) is 9.59 Å². The number of sulfone groups is 1.